The highest BCUT2D eigenvalue weighted by molar-refractivity contribution is 7.07. The molecule has 0 bridgehead atoms. The molecule has 0 aliphatic carbocycles. The fourth-order valence-electron chi connectivity index (χ4n) is 1.75. The maximum Gasteiger partial charge on any atom is 0.221 e. The Morgan fingerprint density at radius 2 is 2.29 bits per heavy atom. The van der Waals surface area contributed by atoms with Crippen LogP contribution in [0.5, 0.6) is 0 Å². The summed E-state index contributed by atoms with van der Waals surface area (Å²) in [5.74, 6) is -1.98. The molecule has 0 fully saturated rings. The number of carbonyl (C=O) groups is 1. The van der Waals surface area contributed by atoms with Crippen LogP contribution < -0.4 is 5.32 Å². The lowest BCUT2D eigenvalue weighted by atomic mass is 10.1. The first-order valence-corrected chi connectivity index (χ1v) is 7.05. The highest BCUT2D eigenvalue weighted by atomic mass is 32.1. The van der Waals surface area contributed by atoms with E-state index in [0.29, 0.717) is 12.5 Å². The number of halogens is 2. The minimum absolute atomic E-state index is 0.0547. The van der Waals surface area contributed by atoms with Crippen molar-refractivity contribution in [3.63, 3.8) is 0 Å². The summed E-state index contributed by atoms with van der Waals surface area (Å²) in [6.45, 7) is 0. The third-order valence-corrected chi connectivity index (χ3v) is 3.43. The van der Waals surface area contributed by atoms with Crippen molar-refractivity contribution in [2.24, 2.45) is 0 Å². The van der Waals surface area contributed by atoms with Gasteiger partial charge in [-0.15, -0.1) is 11.3 Å². The van der Waals surface area contributed by atoms with E-state index in [1.54, 1.807) is 11.6 Å². The molecule has 0 saturated heterocycles. The fraction of sp³-hybridized carbons (Fsp3) is 0.214. The van der Waals surface area contributed by atoms with Gasteiger partial charge in [0.25, 0.3) is 0 Å². The average Bonchev–Trinajstić information content (AvgIpc) is 2.96. The lowest BCUT2D eigenvalue weighted by Gasteiger charge is -2.12. The number of hydrogen-bond acceptors (Lipinski definition) is 4. The molecule has 1 aromatic heterocycles. The van der Waals surface area contributed by atoms with Gasteiger partial charge in [-0.25, -0.2) is 13.8 Å². The highest BCUT2D eigenvalue weighted by Gasteiger charge is 2.18. The number of thiazole rings is 1. The van der Waals surface area contributed by atoms with Gasteiger partial charge in [-0.2, -0.15) is 5.26 Å². The SMILES string of the molecule is N#CC(NC(=O)CCc1cscn1)c1ccc(F)cc1F. The minimum Gasteiger partial charge on any atom is -0.337 e. The minimum atomic E-state index is -1.14. The van der Waals surface area contributed by atoms with E-state index in [-0.39, 0.29) is 12.0 Å². The lowest BCUT2D eigenvalue weighted by Crippen LogP contribution is -2.28. The van der Waals surface area contributed by atoms with E-state index in [9.17, 15) is 13.6 Å². The van der Waals surface area contributed by atoms with Crippen molar-refractivity contribution in [1.29, 1.82) is 5.26 Å². The summed E-state index contributed by atoms with van der Waals surface area (Å²) in [6, 6.07) is 3.53. The third kappa shape index (κ3) is 4.07. The monoisotopic (exact) mass is 307 g/mol. The second kappa shape index (κ2) is 6.90. The Balaban J connectivity index is 1.98. The topological polar surface area (TPSA) is 65.8 Å². The summed E-state index contributed by atoms with van der Waals surface area (Å²) < 4.78 is 26.4. The first-order valence-electron chi connectivity index (χ1n) is 6.11. The Morgan fingerprint density at radius 1 is 1.48 bits per heavy atom. The number of carbonyl (C=O) groups excluding carboxylic acids is 1. The highest BCUT2D eigenvalue weighted by Crippen LogP contribution is 2.18. The Kier molecular flexibility index (Phi) is 4.95. The van der Waals surface area contributed by atoms with Gasteiger partial charge in [0.1, 0.15) is 17.7 Å². The predicted molar refractivity (Wildman–Crippen MR) is 73.3 cm³/mol. The van der Waals surface area contributed by atoms with Gasteiger partial charge >= 0.3 is 0 Å². The maximum absolute atomic E-state index is 13.6. The summed E-state index contributed by atoms with van der Waals surface area (Å²) in [4.78, 5) is 15.8. The van der Waals surface area contributed by atoms with Gasteiger partial charge in [-0.05, 0) is 12.5 Å². The van der Waals surface area contributed by atoms with Crippen LogP contribution in [0, 0.1) is 23.0 Å². The van der Waals surface area contributed by atoms with Gasteiger partial charge in [0.05, 0.1) is 17.3 Å². The van der Waals surface area contributed by atoms with Gasteiger partial charge in [-0.1, -0.05) is 6.07 Å². The van der Waals surface area contributed by atoms with E-state index >= 15 is 0 Å². The van der Waals surface area contributed by atoms with Crippen molar-refractivity contribution >= 4 is 17.2 Å². The van der Waals surface area contributed by atoms with Crippen LogP contribution in [0.1, 0.15) is 23.7 Å². The summed E-state index contributed by atoms with van der Waals surface area (Å²) in [7, 11) is 0. The zero-order valence-corrected chi connectivity index (χ0v) is 11.7. The molecule has 1 amide bonds. The predicted octanol–water partition coefficient (Wildman–Crippen LogP) is 2.73. The molecule has 1 N–H and O–H groups in total. The van der Waals surface area contributed by atoms with E-state index in [2.05, 4.69) is 10.3 Å². The van der Waals surface area contributed by atoms with E-state index in [4.69, 9.17) is 5.26 Å². The standard InChI is InChI=1S/C14H11F2N3OS/c15-9-1-3-11(12(16)5-9)13(6-17)19-14(20)4-2-10-7-21-8-18-10/h1,3,5,7-8,13H,2,4H2,(H,19,20). The van der Waals surface area contributed by atoms with Crippen molar-refractivity contribution in [3.05, 3.63) is 52.0 Å². The Hall–Kier alpha value is -2.33. The largest absolute Gasteiger partial charge is 0.337 e. The van der Waals surface area contributed by atoms with Crippen LogP contribution in [0.25, 0.3) is 0 Å². The number of nitriles is 1. The number of nitrogens with zero attached hydrogens (tertiary/aromatic N) is 2. The first-order chi connectivity index (χ1) is 10.1. The summed E-state index contributed by atoms with van der Waals surface area (Å²) in [6.07, 6.45) is 0.587. The first kappa shape index (κ1) is 15.1. The molecule has 1 aromatic carbocycles. The smallest absolute Gasteiger partial charge is 0.221 e. The molecule has 21 heavy (non-hydrogen) atoms. The Bertz CT molecular complexity index is 667. The molecule has 1 unspecified atom stereocenters. The van der Waals surface area contributed by atoms with Crippen LogP contribution >= 0.6 is 11.3 Å². The quantitative estimate of drug-likeness (QED) is 0.923. The Labute approximate surface area is 124 Å². The fourth-order valence-corrected chi connectivity index (χ4v) is 2.34. The number of benzene rings is 1. The number of rotatable bonds is 5. The summed E-state index contributed by atoms with van der Waals surface area (Å²) >= 11 is 1.43. The van der Waals surface area contributed by atoms with E-state index in [0.717, 1.165) is 17.8 Å². The van der Waals surface area contributed by atoms with Crippen molar-refractivity contribution in [2.75, 3.05) is 0 Å². The average molecular weight is 307 g/mol. The molecule has 0 aliphatic rings. The zero-order chi connectivity index (χ0) is 15.2. The van der Waals surface area contributed by atoms with Crippen LogP contribution in [-0.4, -0.2) is 10.9 Å². The molecule has 108 valence electrons. The number of aryl methyl sites for hydroxylation is 1. The molecule has 0 radical (unpaired) electrons. The molecule has 1 heterocycles. The Morgan fingerprint density at radius 3 is 2.90 bits per heavy atom. The molecule has 7 heteroatoms. The van der Waals surface area contributed by atoms with Gasteiger partial charge in [0.2, 0.25) is 5.91 Å². The number of hydrogen-bond donors (Lipinski definition) is 1. The molecular formula is C14H11F2N3OS. The number of aromatic nitrogens is 1. The summed E-state index contributed by atoms with van der Waals surface area (Å²) in [5, 5.41) is 13.3. The van der Waals surface area contributed by atoms with Crippen LogP contribution in [0.4, 0.5) is 8.78 Å². The normalized spacial score (nSPS) is 11.7. The van der Waals surface area contributed by atoms with Crippen LogP contribution in [0.15, 0.2) is 29.1 Å². The van der Waals surface area contributed by atoms with Gasteiger partial charge < -0.3 is 5.32 Å². The van der Waals surface area contributed by atoms with E-state index in [1.807, 2.05) is 5.38 Å². The van der Waals surface area contributed by atoms with Crippen LogP contribution in [0.3, 0.4) is 0 Å². The molecule has 0 saturated carbocycles. The van der Waals surface area contributed by atoms with Gasteiger partial charge in [0.15, 0.2) is 0 Å². The number of amides is 1. The van der Waals surface area contributed by atoms with Crippen molar-refractivity contribution in [3.8, 4) is 6.07 Å². The second-order valence-corrected chi connectivity index (χ2v) is 4.99. The van der Waals surface area contributed by atoms with Gasteiger partial charge in [-0.3, -0.25) is 4.79 Å². The molecular weight excluding hydrogens is 296 g/mol. The van der Waals surface area contributed by atoms with Crippen LogP contribution in [-0.2, 0) is 11.2 Å². The third-order valence-electron chi connectivity index (χ3n) is 2.80. The number of nitrogens with one attached hydrogen (secondary N) is 1. The maximum atomic E-state index is 13.6. The molecule has 4 nitrogen and oxygen atoms in total. The molecule has 0 spiro atoms. The van der Waals surface area contributed by atoms with Gasteiger partial charge in [0, 0.05) is 23.4 Å². The second-order valence-electron chi connectivity index (χ2n) is 4.28. The van der Waals surface area contributed by atoms with E-state index < -0.39 is 23.6 Å². The van der Waals surface area contributed by atoms with Crippen molar-refractivity contribution in [1.82, 2.24) is 10.3 Å². The van der Waals surface area contributed by atoms with Crippen LogP contribution in [0.2, 0.25) is 0 Å². The van der Waals surface area contributed by atoms with Crippen molar-refractivity contribution < 1.29 is 13.6 Å². The molecule has 2 aromatic rings. The summed E-state index contributed by atoms with van der Waals surface area (Å²) in [5.41, 5.74) is 2.40. The molecule has 0 aliphatic heterocycles. The van der Waals surface area contributed by atoms with E-state index in [1.165, 1.54) is 11.3 Å². The molecule has 2 rings (SSSR count). The lowest BCUT2D eigenvalue weighted by molar-refractivity contribution is -0.121. The zero-order valence-electron chi connectivity index (χ0n) is 10.8. The van der Waals surface area contributed by atoms with Crippen molar-refractivity contribution in [2.45, 2.75) is 18.9 Å². The molecule has 1 atom stereocenters.